The van der Waals surface area contributed by atoms with Gasteiger partial charge in [0, 0.05) is 26.3 Å². The molecule has 6 rings (SSSR count). The van der Waals surface area contributed by atoms with Gasteiger partial charge in [-0.25, -0.2) is 9.67 Å². The van der Waals surface area contributed by atoms with Crippen LogP contribution in [-0.2, 0) is 11.8 Å². The number of para-hydroxylation sites is 1. The summed E-state index contributed by atoms with van der Waals surface area (Å²) in [5.74, 6) is 0.735. The fourth-order valence-corrected chi connectivity index (χ4v) is 6.53. The van der Waals surface area contributed by atoms with Crippen LogP contribution in [0.4, 0.5) is 11.5 Å². The van der Waals surface area contributed by atoms with E-state index in [1.165, 1.54) is 14.0 Å². The van der Waals surface area contributed by atoms with Gasteiger partial charge in [-0.3, -0.25) is 28.4 Å². The molecule has 0 bridgehead atoms. The fourth-order valence-electron chi connectivity index (χ4n) is 5.28. The van der Waals surface area contributed by atoms with E-state index in [2.05, 4.69) is 11.8 Å². The first kappa shape index (κ1) is 26.3. The number of thiocarbonyl (C=S) groups is 1. The van der Waals surface area contributed by atoms with Crippen molar-refractivity contribution in [3.8, 4) is 5.69 Å². The Labute approximate surface area is 240 Å². The summed E-state index contributed by atoms with van der Waals surface area (Å²) in [6.07, 6.45) is 5.26. The molecule has 0 aliphatic carbocycles. The predicted octanol–water partition coefficient (Wildman–Crippen LogP) is 4.13. The fraction of sp³-hybridized carbons (Fsp3) is 0.276. The van der Waals surface area contributed by atoms with Gasteiger partial charge in [-0.1, -0.05) is 55.2 Å². The lowest BCUT2D eigenvalue weighted by Crippen LogP contribution is -2.36. The number of thioether (sulfide) groups is 1. The number of amides is 1. The van der Waals surface area contributed by atoms with Gasteiger partial charge in [-0.15, -0.1) is 0 Å². The van der Waals surface area contributed by atoms with Crippen molar-refractivity contribution >= 4 is 57.4 Å². The average Bonchev–Trinajstić information content (AvgIpc) is 3.35. The number of anilines is 2. The van der Waals surface area contributed by atoms with E-state index in [0.29, 0.717) is 34.3 Å². The van der Waals surface area contributed by atoms with Crippen LogP contribution < -0.4 is 20.9 Å². The van der Waals surface area contributed by atoms with E-state index in [1.807, 2.05) is 36.4 Å². The van der Waals surface area contributed by atoms with E-state index < -0.39 is 5.91 Å². The summed E-state index contributed by atoms with van der Waals surface area (Å²) in [4.78, 5) is 49.7. The number of carbonyl (C=O) groups excluding carboxylic acids is 1. The van der Waals surface area contributed by atoms with Crippen LogP contribution >= 0.6 is 24.0 Å². The maximum absolute atomic E-state index is 13.8. The lowest BCUT2D eigenvalue weighted by Gasteiger charge is -2.32. The molecule has 2 aliphatic rings. The molecule has 204 valence electrons. The van der Waals surface area contributed by atoms with Gasteiger partial charge in [-0.05, 0) is 56.0 Å². The van der Waals surface area contributed by atoms with E-state index in [-0.39, 0.29) is 26.0 Å². The standard InChI is InChI=1S/C29H28N6O3S2/c1-18-12-15-32(16-13-18)25-21(26(36)33-14-8-7-11-23(33)30-25)17-22-27(37)34(29(39)40-22)24-19(2)31(3)35(28(24)38)20-9-5-4-6-10-20/h4-11,14,17-18H,12-13,15-16H2,1-3H3/b22-17+. The summed E-state index contributed by atoms with van der Waals surface area (Å²) in [5.41, 5.74) is 1.77. The first-order chi connectivity index (χ1) is 19.3. The van der Waals surface area contributed by atoms with Crippen molar-refractivity contribution in [1.29, 1.82) is 0 Å². The Morgan fingerprint density at radius 2 is 1.70 bits per heavy atom. The minimum absolute atomic E-state index is 0.204. The SMILES string of the molecule is Cc1c(N2C(=O)/C(=C\c3c(N4CCC(C)CC4)nc4ccccn4c3=O)SC2=S)c(=O)n(-c2ccccc2)n1C. The number of hydrogen-bond donors (Lipinski definition) is 0. The highest BCUT2D eigenvalue weighted by Crippen LogP contribution is 2.37. The van der Waals surface area contributed by atoms with Crippen LogP contribution in [0, 0.1) is 12.8 Å². The highest BCUT2D eigenvalue weighted by Gasteiger charge is 2.38. The zero-order valence-electron chi connectivity index (χ0n) is 22.4. The quantitative estimate of drug-likeness (QED) is 0.269. The summed E-state index contributed by atoms with van der Waals surface area (Å²) in [6.45, 7) is 5.57. The lowest BCUT2D eigenvalue weighted by atomic mass is 9.99. The Balaban J connectivity index is 1.46. The normalized spacial score (nSPS) is 17.5. The smallest absolute Gasteiger partial charge is 0.296 e. The maximum Gasteiger partial charge on any atom is 0.296 e. The van der Waals surface area contributed by atoms with E-state index in [0.717, 1.165) is 37.7 Å². The number of aromatic nitrogens is 4. The van der Waals surface area contributed by atoms with E-state index in [4.69, 9.17) is 17.2 Å². The number of piperidine rings is 1. The number of rotatable bonds is 4. The molecule has 9 nitrogen and oxygen atoms in total. The number of nitrogens with zero attached hydrogens (tertiary/aromatic N) is 6. The lowest BCUT2D eigenvalue weighted by molar-refractivity contribution is -0.113. The van der Waals surface area contributed by atoms with Gasteiger partial charge < -0.3 is 4.90 Å². The molecule has 0 unspecified atom stereocenters. The van der Waals surface area contributed by atoms with Crippen molar-refractivity contribution in [2.45, 2.75) is 26.7 Å². The second-order valence-corrected chi connectivity index (χ2v) is 11.9. The van der Waals surface area contributed by atoms with E-state index in [1.54, 1.807) is 43.1 Å². The van der Waals surface area contributed by atoms with Crippen LogP contribution in [0.3, 0.4) is 0 Å². The number of fused-ring (bicyclic) bond motifs is 1. The molecule has 0 N–H and O–H groups in total. The second kappa shape index (κ2) is 10.2. The molecule has 0 saturated carbocycles. The van der Waals surface area contributed by atoms with Crippen LogP contribution in [-0.4, -0.2) is 42.1 Å². The predicted molar refractivity (Wildman–Crippen MR) is 163 cm³/mol. The van der Waals surface area contributed by atoms with Crippen LogP contribution in [0.2, 0.25) is 0 Å². The average molecular weight is 573 g/mol. The van der Waals surface area contributed by atoms with Crippen LogP contribution in [0.25, 0.3) is 17.4 Å². The van der Waals surface area contributed by atoms with Crippen LogP contribution in [0.15, 0.2) is 69.2 Å². The molecule has 2 fully saturated rings. The van der Waals surface area contributed by atoms with Gasteiger partial charge in [0.05, 0.1) is 21.8 Å². The third-order valence-electron chi connectivity index (χ3n) is 7.65. The van der Waals surface area contributed by atoms with Gasteiger partial charge in [0.15, 0.2) is 4.32 Å². The molecular weight excluding hydrogens is 544 g/mol. The summed E-state index contributed by atoms with van der Waals surface area (Å²) < 4.78 is 4.96. The minimum Gasteiger partial charge on any atom is -0.356 e. The van der Waals surface area contributed by atoms with E-state index in [9.17, 15) is 14.4 Å². The Kier molecular flexibility index (Phi) is 6.71. The molecule has 1 amide bonds. The topological polar surface area (TPSA) is 84.9 Å². The third kappa shape index (κ3) is 4.29. The Morgan fingerprint density at radius 1 is 1.00 bits per heavy atom. The van der Waals surface area contributed by atoms with Crippen molar-refractivity contribution in [1.82, 2.24) is 18.7 Å². The molecule has 5 heterocycles. The summed E-state index contributed by atoms with van der Waals surface area (Å²) in [5, 5.41) is 0. The van der Waals surface area contributed by atoms with Crippen molar-refractivity contribution in [2.24, 2.45) is 13.0 Å². The van der Waals surface area contributed by atoms with E-state index >= 15 is 0 Å². The molecule has 0 spiro atoms. The molecule has 1 aromatic carbocycles. The van der Waals surface area contributed by atoms with Crippen molar-refractivity contribution in [3.63, 3.8) is 0 Å². The monoisotopic (exact) mass is 572 g/mol. The largest absolute Gasteiger partial charge is 0.356 e. The molecular formula is C29H28N6O3S2. The number of carbonyl (C=O) groups is 1. The summed E-state index contributed by atoms with van der Waals surface area (Å²) in [7, 11) is 1.77. The first-order valence-corrected chi connectivity index (χ1v) is 14.4. The molecule has 2 aliphatic heterocycles. The summed E-state index contributed by atoms with van der Waals surface area (Å²) in [6, 6.07) is 14.7. The molecule has 0 atom stereocenters. The third-order valence-corrected chi connectivity index (χ3v) is 8.95. The zero-order valence-corrected chi connectivity index (χ0v) is 24.0. The van der Waals surface area contributed by atoms with Gasteiger partial charge in [0.2, 0.25) is 0 Å². The Bertz CT molecular complexity index is 1810. The Hall–Kier alpha value is -3.96. The number of benzene rings is 1. The molecule has 11 heteroatoms. The summed E-state index contributed by atoms with van der Waals surface area (Å²) >= 11 is 6.71. The number of pyridine rings is 1. The van der Waals surface area contributed by atoms with Crippen molar-refractivity contribution in [3.05, 3.63) is 91.6 Å². The van der Waals surface area contributed by atoms with Gasteiger partial charge in [0.1, 0.15) is 17.2 Å². The van der Waals surface area contributed by atoms with Crippen molar-refractivity contribution < 1.29 is 4.79 Å². The number of hydrogen-bond acceptors (Lipinski definition) is 7. The molecule has 2 saturated heterocycles. The molecule has 3 aromatic heterocycles. The van der Waals surface area contributed by atoms with Crippen molar-refractivity contribution in [2.75, 3.05) is 22.9 Å². The maximum atomic E-state index is 13.8. The van der Waals surface area contributed by atoms with Crippen LogP contribution in [0.1, 0.15) is 31.0 Å². The van der Waals surface area contributed by atoms with Gasteiger partial charge in [0.25, 0.3) is 17.0 Å². The highest BCUT2D eigenvalue weighted by molar-refractivity contribution is 8.27. The molecule has 4 aromatic rings. The molecule has 0 radical (unpaired) electrons. The van der Waals surface area contributed by atoms with Gasteiger partial charge in [-0.2, -0.15) is 0 Å². The second-order valence-electron chi connectivity index (χ2n) is 10.2. The Morgan fingerprint density at radius 3 is 2.42 bits per heavy atom. The first-order valence-electron chi connectivity index (χ1n) is 13.1. The molecule has 40 heavy (non-hydrogen) atoms. The highest BCUT2D eigenvalue weighted by atomic mass is 32.2. The van der Waals surface area contributed by atoms with Crippen LogP contribution in [0.5, 0.6) is 0 Å². The zero-order chi connectivity index (χ0) is 28.1. The minimum atomic E-state index is -0.434. The van der Waals surface area contributed by atoms with Gasteiger partial charge >= 0.3 is 0 Å².